The van der Waals surface area contributed by atoms with Crippen LogP contribution in [0.1, 0.15) is 47.0 Å². The maximum Gasteiger partial charge on any atom is 0.303 e. The molecule has 0 radical (unpaired) electrons. The van der Waals surface area contributed by atoms with E-state index < -0.39 is 12.0 Å². The first kappa shape index (κ1) is 17.9. The monoisotopic (exact) mass is 272 g/mol. The third-order valence-corrected chi connectivity index (χ3v) is 3.39. The molecule has 3 atom stereocenters. The fraction of sp³-hybridized carbons (Fsp3) is 0.857. The third kappa shape index (κ3) is 7.82. The van der Waals surface area contributed by atoms with Crippen molar-refractivity contribution in [2.45, 2.75) is 53.0 Å². The maximum absolute atomic E-state index is 11.8. The van der Waals surface area contributed by atoms with Crippen LogP contribution in [0.2, 0.25) is 0 Å². The zero-order valence-electron chi connectivity index (χ0n) is 12.5. The van der Waals surface area contributed by atoms with Crippen LogP contribution in [0.15, 0.2) is 0 Å². The van der Waals surface area contributed by atoms with Crippen LogP contribution in [-0.4, -0.2) is 29.6 Å². The van der Waals surface area contributed by atoms with E-state index in [4.69, 9.17) is 10.8 Å². The minimum absolute atomic E-state index is 0.0365. The van der Waals surface area contributed by atoms with Crippen molar-refractivity contribution >= 4 is 11.9 Å². The number of nitrogens with one attached hydrogen (secondary N) is 1. The van der Waals surface area contributed by atoms with E-state index in [1.54, 1.807) is 0 Å². The number of carboxylic acids is 1. The van der Waals surface area contributed by atoms with Gasteiger partial charge in [0.1, 0.15) is 0 Å². The van der Waals surface area contributed by atoms with Gasteiger partial charge in [-0.1, -0.05) is 34.1 Å². The molecule has 0 saturated carbocycles. The van der Waals surface area contributed by atoms with Crippen molar-refractivity contribution in [1.29, 1.82) is 0 Å². The van der Waals surface area contributed by atoms with Crippen LogP contribution in [0.4, 0.5) is 0 Å². The van der Waals surface area contributed by atoms with Crippen LogP contribution in [0.25, 0.3) is 0 Å². The standard InChI is InChI=1S/C14H28N2O3/c1-5-10(4)13(15)14(19)16-8-11(6-9(2)3)7-12(17)18/h9-11,13H,5-8,15H2,1-4H3,(H,16,19)(H,17,18)/t10-,11+,13+/m0/s1. The largest absolute Gasteiger partial charge is 0.481 e. The Hall–Kier alpha value is -1.10. The normalized spacial score (nSPS) is 15.9. The Labute approximate surface area is 115 Å². The molecule has 0 aromatic heterocycles. The summed E-state index contributed by atoms with van der Waals surface area (Å²) in [5.41, 5.74) is 5.83. The van der Waals surface area contributed by atoms with Crippen LogP contribution in [0, 0.1) is 17.8 Å². The number of rotatable bonds is 9. The number of carboxylic acid groups (broad SMARTS) is 1. The van der Waals surface area contributed by atoms with Gasteiger partial charge in [0, 0.05) is 13.0 Å². The van der Waals surface area contributed by atoms with E-state index in [0.29, 0.717) is 12.5 Å². The zero-order chi connectivity index (χ0) is 15.0. The zero-order valence-corrected chi connectivity index (χ0v) is 12.5. The lowest BCUT2D eigenvalue weighted by Gasteiger charge is -2.21. The van der Waals surface area contributed by atoms with E-state index in [9.17, 15) is 9.59 Å². The average Bonchev–Trinajstić information content (AvgIpc) is 2.32. The van der Waals surface area contributed by atoms with Gasteiger partial charge in [-0.2, -0.15) is 0 Å². The molecule has 1 amide bonds. The summed E-state index contributed by atoms with van der Waals surface area (Å²) >= 11 is 0. The lowest BCUT2D eigenvalue weighted by atomic mass is 9.93. The van der Waals surface area contributed by atoms with E-state index in [0.717, 1.165) is 12.8 Å². The molecule has 0 rings (SSSR count). The molecular weight excluding hydrogens is 244 g/mol. The van der Waals surface area contributed by atoms with Crippen molar-refractivity contribution in [2.24, 2.45) is 23.5 Å². The fourth-order valence-electron chi connectivity index (χ4n) is 2.03. The molecule has 112 valence electrons. The van der Waals surface area contributed by atoms with Gasteiger partial charge in [-0.05, 0) is 24.2 Å². The van der Waals surface area contributed by atoms with Gasteiger partial charge >= 0.3 is 5.97 Å². The molecule has 0 aliphatic heterocycles. The van der Waals surface area contributed by atoms with E-state index in [-0.39, 0.29) is 24.2 Å². The van der Waals surface area contributed by atoms with Crippen LogP contribution in [0.3, 0.4) is 0 Å². The van der Waals surface area contributed by atoms with Gasteiger partial charge in [0.25, 0.3) is 0 Å². The molecule has 0 fully saturated rings. The van der Waals surface area contributed by atoms with Gasteiger partial charge in [0.15, 0.2) is 0 Å². The number of carbonyl (C=O) groups excluding carboxylic acids is 1. The molecule has 19 heavy (non-hydrogen) atoms. The molecule has 0 heterocycles. The van der Waals surface area contributed by atoms with E-state index >= 15 is 0 Å². The fourth-order valence-corrected chi connectivity index (χ4v) is 2.03. The summed E-state index contributed by atoms with van der Waals surface area (Å²) in [6, 6.07) is -0.519. The van der Waals surface area contributed by atoms with Gasteiger partial charge < -0.3 is 16.2 Å². The van der Waals surface area contributed by atoms with Crippen LogP contribution in [-0.2, 0) is 9.59 Å². The Morgan fingerprint density at radius 3 is 2.26 bits per heavy atom. The molecule has 0 saturated heterocycles. The highest BCUT2D eigenvalue weighted by Crippen LogP contribution is 2.15. The topological polar surface area (TPSA) is 92.4 Å². The molecule has 0 aromatic rings. The van der Waals surface area contributed by atoms with Crippen molar-refractivity contribution in [3.05, 3.63) is 0 Å². The summed E-state index contributed by atoms with van der Waals surface area (Å²) < 4.78 is 0. The first-order valence-corrected chi connectivity index (χ1v) is 7.02. The van der Waals surface area contributed by atoms with Crippen molar-refractivity contribution in [3.63, 3.8) is 0 Å². The summed E-state index contributed by atoms with van der Waals surface area (Å²) in [5, 5.41) is 11.6. The van der Waals surface area contributed by atoms with Crippen molar-refractivity contribution in [2.75, 3.05) is 6.54 Å². The number of hydrogen-bond donors (Lipinski definition) is 3. The highest BCUT2D eigenvalue weighted by Gasteiger charge is 2.21. The Kier molecular flexibility index (Phi) is 8.39. The second-order valence-corrected chi connectivity index (χ2v) is 5.75. The first-order chi connectivity index (χ1) is 8.77. The quantitative estimate of drug-likeness (QED) is 0.594. The van der Waals surface area contributed by atoms with Crippen molar-refractivity contribution < 1.29 is 14.7 Å². The minimum Gasteiger partial charge on any atom is -0.481 e. The maximum atomic E-state index is 11.8. The molecule has 0 aliphatic carbocycles. The Balaban J connectivity index is 4.29. The molecule has 5 nitrogen and oxygen atoms in total. The number of carbonyl (C=O) groups is 2. The van der Waals surface area contributed by atoms with E-state index in [1.165, 1.54) is 0 Å². The Bertz CT molecular complexity index is 292. The van der Waals surface area contributed by atoms with Gasteiger partial charge in [0.05, 0.1) is 6.04 Å². The lowest BCUT2D eigenvalue weighted by Crippen LogP contribution is -2.46. The summed E-state index contributed by atoms with van der Waals surface area (Å²) in [6.07, 6.45) is 1.71. The van der Waals surface area contributed by atoms with E-state index in [2.05, 4.69) is 5.32 Å². The third-order valence-electron chi connectivity index (χ3n) is 3.39. The SMILES string of the molecule is CC[C@H](C)[C@@H](N)C(=O)NC[C@@H](CC(=O)O)CC(C)C. The van der Waals surface area contributed by atoms with Crippen LogP contribution in [0.5, 0.6) is 0 Å². The summed E-state index contributed by atoms with van der Waals surface area (Å²) in [6.45, 7) is 8.40. The summed E-state index contributed by atoms with van der Waals surface area (Å²) in [4.78, 5) is 22.6. The van der Waals surface area contributed by atoms with E-state index in [1.807, 2.05) is 27.7 Å². The molecular formula is C14H28N2O3. The second kappa shape index (κ2) is 8.91. The average molecular weight is 272 g/mol. The lowest BCUT2D eigenvalue weighted by molar-refractivity contribution is -0.138. The van der Waals surface area contributed by atoms with Gasteiger partial charge in [-0.3, -0.25) is 9.59 Å². The molecule has 0 aromatic carbocycles. The summed E-state index contributed by atoms with van der Waals surface area (Å²) in [7, 11) is 0. The van der Waals surface area contributed by atoms with Crippen molar-refractivity contribution in [3.8, 4) is 0 Å². The minimum atomic E-state index is -0.828. The number of hydrogen-bond acceptors (Lipinski definition) is 3. The molecule has 0 aliphatic rings. The van der Waals surface area contributed by atoms with Crippen LogP contribution < -0.4 is 11.1 Å². The highest BCUT2D eigenvalue weighted by molar-refractivity contribution is 5.81. The van der Waals surface area contributed by atoms with Crippen LogP contribution >= 0.6 is 0 Å². The number of nitrogens with two attached hydrogens (primary N) is 1. The highest BCUT2D eigenvalue weighted by atomic mass is 16.4. The van der Waals surface area contributed by atoms with Gasteiger partial charge in [-0.15, -0.1) is 0 Å². The van der Waals surface area contributed by atoms with Gasteiger partial charge in [-0.25, -0.2) is 0 Å². The number of amides is 1. The second-order valence-electron chi connectivity index (χ2n) is 5.75. The summed E-state index contributed by atoms with van der Waals surface area (Å²) in [5.74, 6) is -0.516. The molecule has 5 heteroatoms. The smallest absolute Gasteiger partial charge is 0.303 e. The predicted octanol–water partition coefficient (Wildman–Crippen LogP) is 1.61. The number of aliphatic carboxylic acids is 1. The van der Waals surface area contributed by atoms with Gasteiger partial charge in [0.2, 0.25) is 5.91 Å². The first-order valence-electron chi connectivity index (χ1n) is 7.02. The predicted molar refractivity (Wildman–Crippen MR) is 75.6 cm³/mol. The molecule has 0 spiro atoms. The Morgan fingerprint density at radius 1 is 1.26 bits per heavy atom. The van der Waals surface area contributed by atoms with Crippen molar-refractivity contribution in [1.82, 2.24) is 5.32 Å². The Morgan fingerprint density at radius 2 is 1.84 bits per heavy atom. The molecule has 0 bridgehead atoms. The molecule has 4 N–H and O–H groups in total. The molecule has 0 unspecified atom stereocenters.